The molecule has 3 heteroatoms. The van der Waals surface area contributed by atoms with Gasteiger partial charge in [-0.25, -0.2) is 0 Å². The van der Waals surface area contributed by atoms with E-state index in [1.807, 2.05) is 36.1 Å². The third-order valence-electron chi connectivity index (χ3n) is 3.32. The van der Waals surface area contributed by atoms with E-state index in [1.165, 1.54) is 0 Å². The molecule has 0 unspecified atom stereocenters. The third kappa shape index (κ3) is 1.58. The number of fused-ring (bicyclic) bond motifs is 2. The highest BCUT2D eigenvalue weighted by Crippen LogP contribution is 2.32. The van der Waals surface area contributed by atoms with E-state index in [2.05, 4.69) is 17.2 Å². The number of hydrogen-bond acceptors (Lipinski definition) is 2. The van der Waals surface area contributed by atoms with Crippen molar-refractivity contribution in [1.82, 2.24) is 4.90 Å². The van der Waals surface area contributed by atoms with E-state index >= 15 is 0 Å². The Labute approximate surface area is 106 Å². The third-order valence-corrected chi connectivity index (χ3v) is 3.32. The summed E-state index contributed by atoms with van der Waals surface area (Å²) in [4.78, 5) is 14.3. The number of allylic oxidation sites excluding steroid dienone is 2. The van der Waals surface area contributed by atoms with Gasteiger partial charge in [0.15, 0.2) is 0 Å². The van der Waals surface area contributed by atoms with Crippen LogP contribution in [0.25, 0.3) is 0 Å². The predicted octanol–water partition coefficient (Wildman–Crippen LogP) is 2.58. The van der Waals surface area contributed by atoms with Gasteiger partial charge in [-0.2, -0.15) is 0 Å². The topological polar surface area (TPSA) is 32.3 Å². The smallest absolute Gasteiger partial charge is 0.260 e. The molecule has 1 N–H and O–H groups in total. The van der Waals surface area contributed by atoms with Gasteiger partial charge in [0.1, 0.15) is 5.70 Å². The predicted molar refractivity (Wildman–Crippen MR) is 70.8 cm³/mol. The van der Waals surface area contributed by atoms with E-state index in [4.69, 9.17) is 0 Å². The molecule has 0 bridgehead atoms. The van der Waals surface area contributed by atoms with Gasteiger partial charge in [0.05, 0.1) is 16.9 Å². The summed E-state index contributed by atoms with van der Waals surface area (Å²) in [6.07, 6.45) is 1.93. The number of carbonyl (C=O) groups is 1. The monoisotopic (exact) mass is 238 g/mol. The number of benzene rings is 1. The first-order valence-electron chi connectivity index (χ1n) is 6.15. The van der Waals surface area contributed by atoms with Crippen molar-refractivity contribution in [2.75, 3.05) is 11.9 Å². The summed E-state index contributed by atoms with van der Waals surface area (Å²) >= 11 is 0. The van der Waals surface area contributed by atoms with Gasteiger partial charge >= 0.3 is 0 Å². The average Bonchev–Trinajstić information content (AvgIpc) is 2.83. The molecule has 1 saturated heterocycles. The highest BCUT2D eigenvalue weighted by atomic mass is 16.2. The summed E-state index contributed by atoms with van der Waals surface area (Å²) in [5.74, 6) is 6.08. The lowest BCUT2D eigenvalue weighted by Gasteiger charge is -2.16. The summed E-state index contributed by atoms with van der Waals surface area (Å²) in [5.41, 5.74) is 3.48. The van der Waals surface area contributed by atoms with Crippen LogP contribution in [0, 0.1) is 11.8 Å². The number of para-hydroxylation sites is 1. The molecule has 0 radical (unpaired) electrons. The molecule has 1 fully saturated rings. The van der Waals surface area contributed by atoms with Crippen molar-refractivity contribution < 1.29 is 4.79 Å². The molecule has 1 amide bonds. The summed E-state index contributed by atoms with van der Waals surface area (Å²) in [5, 5.41) is 3.31. The zero-order valence-corrected chi connectivity index (χ0v) is 10.3. The van der Waals surface area contributed by atoms with Gasteiger partial charge in [-0.1, -0.05) is 18.1 Å². The van der Waals surface area contributed by atoms with Crippen molar-refractivity contribution in [3.63, 3.8) is 0 Å². The van der Waals surface area contributed by atoms with E-state index in [0.29, 0.717) is 0 Å². The maximum Gasteiger partial charge on any atom is 0.260 e. The molecule has 2 aliphatic heterocycles. The van der Waals surface area contributed by atoms with Gasteiger partial charge in [-0.05, 0) is 37.8 Å². The fourth-order valence-corrected chi connectivity index (χ4v) is 2.52. The second kappa shape index (κ2) is 4.23. The van der Waals surface area contributed by atoms with Crippen LogP contribution in [0.5, 0.6) is 0 Å². The molecule has 2 aliphatic rings. The number of nitrogens with zero attached hydrogens (tertiary/aromatic N) is 1. The highest BCUT2D eigenvalue weighted by molar-refractivity contribution is 6.02. The number of rotatable bonds is 0. The lowest BCUT2D eigenvalue weighted by atomic mass is 10.1. The van der Waals surface area contributed by atoms with Crippen LogP contribution < -0.4 is 5.32 Å². The Kier molecular flexibility index (Phi) is 2.56. The number of nitrogens with one attached hydrogen (secondary N) is 1. The second-order valence-corrected chi connectivity index (χ2v) is 4.43. The van der Waals surface area contributed by atoms with Crippen molar-refractivity contribution in [1.29, 1.82) is 0 Å². The molecule has 18 heavy (non-hydrogen) atoms. The van der Waals surface area contributed by atoms with Gasteiger partial charge in [0.2, 0.25) is 0 Å². The summed E-state index contributed by atoms with van der Waals surface area (Å²) in [6, 6.07) is 7.61. The lowest BCUT2D eigenvalue weighted by Crippen LogP contribution is -2.26. The number of amides is 1. The van der Waals surface area contributed by atoms with E-state index < -0.39 is 0 Å². The molecule has 3 nitrogen and oxygen atoms in total. The maximum absolute atomic E-state index is 12.5. The van der Waals surface area contributed by atoms with Gasteiger partial charge in [0.25, 0.3) is 5.91 Å². The molecule has 3 rings (SSSR count). The molecule has 1 aromatic rings. The Hall–Kier alpha value is -2.21. The van der Waals surface area contributed by atoms with Gasteiger partial charge in [-0.3, -0.25) is 4.79 Å². The zero-order chi connectivity index (χ0) is 12.5. The summed E-state index contributed by atoms with van der Waals surface area (Å²) in [7, 11) is 0. The molecule has 0 saturated carbocycles. The minimum Gasteiger partial charge on any atom is -0.346 e. The van der Waals surface area contributed by atoms with E-state index in [1.54, 1.807) is 0 Å². The first-order chi connectivity index (χ1) is 8.81. The Morgan fingerprint density at radius 3 is 3.00 bits per heavy atom. The SMILES string of the molecule is CC#CC1=C2CCCN2C(=O)c2ccccc2N1. The molecule has 0 spiro atoms. The minimum absolute atomic E-state index is 0.0819. The fourth-order valence-electron chi connectivity index (χ4n) is 2.52. The minimum atomic E-state index is 0.0819. The van der Waals surface area contributed by atoms with Crippen LogP contribution in [-0.4, -0.2) is 17.4 Å². The highest BCUT2D eigenvalue weighted by Gasteiger charge is 2.31. The van der Waals surface area contributed by atoms with Crippen molar-refractivity contribution in [3.8, 4) is 11.8 Å². The summed E-state index contributed by atoms with van der Waals surface area (Å²) < 4.78 is 0. The van der Waals surface area contributed by atoms with Crippen LogP contribution >= 0.6 is 0 Å². The standard InChI is InChI=1S/C15H14N2O/c1-2-6-13-14-9-5-10-17(14)15(18)11-7-3-4-8-12(11)16-13/h3-4,7-8,16H,5,9-10H2,1H3. The van der Waals surface area contributed by atoms with Crippen LogP contribution in [0.15, 0.2) is 35.7 Å². The quantitative estimate of drug-likeness (QED) is 0.704. The Bertz CT molecular complexity index is 604. The molecule has 0 aliphatic carbocycles. The Balaban J connectivity index is 2.18. The van der Waals surface area contributed by atoms with E-state index in [0.717, 1.165) is 42.0 Å². The van der Waals surface area contributed by atoms with Crippen LogP contribution in [0.3, 0.4) is 0 Å². The van der Waals surface area contributed by atoms with Crippen LogP contribution in [0.1, 0.15) is 30.1 Å². The largest absolute Gasteiger partial charge is 0.346 e. The average molecular weight is 238 g/mol. The van der Waals surface area contributed by atoms with Crippen LogP contribution in [0.4, 0.5) is 5.69 Å². The molecular weight excluding hydrogens is 224 g/mol. The molecular formula is C15H14N2O. The van der Waals surface area contributed by atoms with Gasteiger partial charge in [-0.15, -0.1) is 0 Å². The number of hydrogen-bond donors (Lipinski definition) is 1. The fraction of sp³-hybridized carbons (Fsp3) is 0.267. The van der Waals surface area contributed by atoms with Crippen LogP contribution in [-0.2, 0) is 0 Å². The van der Waals surface area contributed by atoms with E-state index in [-0.39, 0.29) is 5.91 Å². The number of carbonyl (C=O) groups excluding carboxylic acids is 1. The van der Waals surface area contributed by atoms with Crippen molar-refractivity contribution in [2.45, 2.75) is 19.8 Å². The van der Waals surface area contributed by atoms with Crippen molar-refractivity contribution in [3.05, 3.63) is 41.2 Å². The molecule has 2 heterocycles. The van der Waals surface area contributed by atoms with Crippen LogP contribution in [0.2, 0.25) is 0 Å². The lowest BCUT2D eigenvalue weighted by molar-refractivity contribution is 0.0827. The molecule has 0 aromatic heterocycles. The number of anilines is 1. The van der Waals surface area contributed by atoms with Gasteiger partial charge < -0.3 is 10.2 Å². The first-order valence-corrected chi connectivity index (χ1v) is 6.15. The second-order valence-electron chi connectivity index (χ2n) is 4.43. The van der Waals surface area contributed by atoms with Crippen molar-refractivity contribution >= 4 is 11.6 Å². The van der Waals surface area contributed by atoms with Gasteiger partial charge in [0, 0.05) is 6.54 Å². The molecule has 1 aromatic carbocycles. The van der Waals surface area contributed by atoms with Crippen molar-refractivity contribution in [2.24, 2.45) is 0 Å². The molecule has 90 valence electrons. The zero-order valence-electron chi connectivity index (χ0n) is 10.3. The maximum atomic E-state index is 12.5. The van der Waals surface area contributed by atoms with E-state index in [9.17, 15) is 4.79 Å². The Morgan fingerprint density at radius 2 is 2.17 bits per heavy atom. The normalized spacial score (nSPS) is 17.4. The Morgan fingerprint density at radius 1 is 1.33 bits per heavy atom. The summed E-state index contributed by atoms with van der Waals surface area (Å²) in [6.45, 7) is 2.60. The molecule has 0 atom stereocenters. The first kappa shape index (κ1) is 10.9.